The average Bonchev–Trinajstić information content (AvgIpc) is 2.69. The summed E-state index contributed by atoms with van der Waals surface area (Å²) in [6.07, 6.45) is 5.93. The van der Waals surface area contributed by atoms with E-state index in [0.717, 1.165) is 11.6 Å². The first-order valence-electron chi connectivity index (χ1n) is 6.29. The standard InChI is InChI=1S/C16H15ClN2/c1-11-8-18-6-5-13(11)10-19-9-12(2)15-7-14(17)3-4-16(15)19/h3-9H,10H2,1-2H3. The van der Waals surface area contributed by atoms with Crippen LogP contribution in [0.3, 0.4) is 0 Å². The highest BCUT2D eigenvalue weighted by atomic mass is 35.5. The van der Waals surface area contributed by atoms with Crippen LogP contribution in [-0.4, -0.2) is 9.55 Å². The first kappa shape index (κ1) is 12.2. The van der Waals surface area contributed by atoms with Gasteiger partial charge in [0.1, 0.15) is 0 Å². The van der Waals surface area contributed by atoms with Crippen molar-refractivity contribution in [1.29, 1.82) is 0 Å². The highest BCUT2D eigenvalue weighted by Crippen LogP contribution is 2.25. The topological polar surface area (TPSA) is 17.8 Å². The van der Waals surface area contributed by atoms with E-state index in [1.54, 1.807) is 0 Å². The molecule has 0 atom stereocenters. The molecule has 0 bridgehead atoms. The molecule has 0 aliphatic carbocycles. The van der Waals surface area contributed by atoms with Gasteiger partial charge < -0.3 is 4.57 Å². The normalized spacial score (nSPS) is 11.1. The van der Waals surface area contributed by atoms with Crippen molar-refractivity contribution >= 4 is 22.5 Å². The Hall–Kier alpha value is -1.80. The maximum absolute atomic E-state index is 6.07. The van der Waals surface area contributed by atoms with Gasteiger partial charge in [-0.2, -0.15) is 0 Å². The maximum atomic E-state index is 6.07. The van der Waals surface area contributed by atoms with Gasteiger partial charge in [-0.05, 0) is 54.8 Å². The Kier molecular flexibility index (Phi) is 3.03. The molecule has 3 aromatic rings. The predicted molar refractivity (Wildman–Crippen MR) is 79.8 cm³/mol. The second kappa shape index (κ2) is 4.71. The van der Waals surface area contributed by atoms with E-state index in [0.29, 0.717) is 0 Å². The lowest BCUT2D eigenvalue weighted by molar-refractivity contribution is 0.825. The van der Waals surface area contributed by atoms with Gasteiger partial charge in [0.25, 0.3) is 0 Å². The van der Waals surface area contributed by atoms with E-state index in [4.69, 9.17) is 11.6 Å². The third kappa shape index (κ3) is 2.24. The number of nitrogens with zero attached hydrogens (tertiary/aromatic N) is 2. The number of fused-ring (bicyclic) bond motifs is 1. The quantitative estimate of drug-likeness (QED) is 0.677. The van der Waals surface area contributed by atoms with E-state index < -0.39 is 0 Å². The summed E-state index contributed by atoms with van der Waals surface area (Å²) in [6.45, 7) is 5.08. The van der Waals surface area contributed by atoms with Gasteiger partial charge in [0.2, 0.25) is 0 Å². The first-order chi connectivity index (χ1) is 9.15. The fourth-order valence-corrected chi connectivity index (χ4v) is 2.61. The third-order valence-electron chi connectivity index (χ3n) is 3.52. The summed E-state index contributed by atoms with van der Waals surface area (Å²) in [5.74, 6) is 0. The zero-order valence-corrected chi connectivity index (χ0v) is 11.8. The number of benzene rings is 1. The van der Waals surface area contributed by atoms with Gasteiger partial charge in [0, 0.05) is 41.1 Å². The van der Waals surface area contributed by atoms with Crippen LogP contribution in [0.4, 0.5) is 0 Å². The van der Waals surface area contributed by atoms with Crippen LogP contribution >= 0.6 is 11.6 Å². The molecule has 19 heavy (non-hydrogen) atoms. The van der Waals surface area contributed by atoms with Gasteiger partial charge in [-0.15, -0.1) is 0 Å². The van der Waals surface area contributed by atoms with E-state index >= 15 is 0 Å². The monoisotopic (exact) mass is 270 g/mol. The summed E-state index contributed by atoms with van der Waals surface area (Å²) in [5.41, 5.74) is 4.99. The van der Waals surface area contributed by atoms with Crippen molar-refractivity contribution < 1.29 is 0 Å². The van der Waals surface area contributed by atoms with Crippen molar-refractivity contribution in [2.45, 2.75) is 20.4 Å². The second-order valence-electron chi connectivity index (χ2n) is 4.90. The average molecular weight is 271 g/mol. The molecule has 1 aromatic carbocycles. The van der Waals surface area contributed by atoms with Crippen LogP contribution < -0.4 is 0 Å². The Morgan fingerprint density at radius 1 is 1.16 bits per heavy atom. The third-order valence-corrected chi connectivity index (χ3v) is 3.75. The molecule has 0 aliphatic rings. The van der Waals surface area contributed by atoms with Crippen LogP contribution in [0.2, 0.25) is 5.02 Å². The van der Waals surface area contributed by atoms with E-state index in [1.807, 2.05) is 24.5 Å². The molecular weight excluding hydrogens is 256 g/mol. The fourth-order valence-electron chi connectivity index (χ4n) is 2.44. The molecule has 3 rings (SSSR count). The summed E-state index contributed by atoms with van der Waals surface area (Å²) in [5, 5.41) is 2.01. The number of pyridine rings is 1. The van der Waals surface area contributed by atoms with Crippen LogP contribution in [-0.2, 0) is 6.54 Å². The molecule has 2 heterocycles. The molecule has 2 nitrogen and oxygen atoms in total. The zero-order chi connectivity index (χ0) is 13.4. The van der Waals surface area contributed by atoms with Gasteiger partial charge in [0.05, 0.1) is 0 Å². The number of rotatable bonds is 2. The molecule has 0 fully saturated rings. The maximum Gasteiger partial charge on any atom is 0.0487 e. The van der Waals surface area contributed by atoms with E-state index in [-0.39, 0.29) is 0 Å². The van der Waals surface area contributed by atoms with Crippen molar-refractivity contribution in [2.75, 3.05) is 0 Å². The van der Waals surface area contributed by atoms with Crippen molar-refractivity contribution in [3.05, 3.63) is 64.6 Å². The lowest BCUT2D eigenvalue weighted by atomic mass is 10.1. The summed E-state index contributed by atoms with van der Waals surface area (Å²) < 4.78 is 2.27. The Bertz CT molecular complexity index is 744. The molecule has 0 amide bonds. The summed E-state index contributed by atoms with van der Waals surface area (Å²) in [7, 11) is 0. The second-order valence-corrected chi connectivity index (χ2v) is 5.34. The lowest BCUT2D eigenvalue weighted by Crippen LogP contribution is -2.00. The Morgan fingerprint density at radius 3 is 2.79 bits per heavy atom. The highest BCUT2D eigenvalue weighted by molar-refractivity contribution is 6.31. The summed E-state index contributed by atoms with van der Waals surface area (Å²) in [4.78, 5) is 4.14. The largest absolute Gasteiger partial charge is 0.343 e. The molecule has 0 saturated heterocycles. The number of aryl methyl sites for hydroxylation is 2. The smallest absolute Gasteiger partial charge is 0.0487 e. The van der Waals surface area contributed by atoms with E-state index in [2.05, 4.69) is 41.7 Å². The van der Waals surface area contributed by atoms with E-state index in [1.165, 1.54) is 27.6 Å². The minimum atomic E-state index is 0.786. The first-order valence-corrected chi connectivity index (χ1v) is 6.67. The number of halogens is 1. The molecule has 3 heteroatoms. The van der Waals surface area contributed by atoms with Gasteiger partial charge in [-0.1, -0.05) is 11.6 Å². The van der Waals surface area contributed by atoms with Crippen molar-refractivity contribution in [3.63, 3.8) is 0 Å². The zero-order valence-electron chi connectivity index (χ0n) is 11.0. The van der Waals surface area contributed by atoms with Gasteiger partial charge in [-0.25, -0.2) is 0 Å². The Morgan fingerprint density at radius 2 is 2.00 bits per heavy atom. The lowest BCUT2D eigenvalue weighted by Gasteiger charge is -2.08. The minimum absolute atomic E-state index is 0.786. The van der Waals surface area contributed by atoms with Crippen molar-refractivity contribution in [3.8, 4) is 0 Å². The van der Waals surface area contributed by atoms with E-state index in [9.17, 15) is 0 Å². The van der Waals surface area contributed by atoms with Crippen molar-refractivity contribution in [1.82, 2.24) is 9.55 Å². The summed E-state index contributed by atoms with van der Waals surface area (Å²) in [6, 6.07) is 8.13. The molecule has 96 valence electrons. The SMILES string of the molecule is Cc1cnccc1Cn1cc(C)c2cc(Cl)ccc21. The number of hydrogen-bond donors (Lipinski definition) is 0. The van der Waals surface area contributed by atoms with Gasteiger partial charge in [0.15, 0.2) is 0 Å². The Balaban J connectivity index is 2.09. The molecule has 0 aliphatic heterocycles. The Labute approximate surface area is 117 Å². The number of aromatic nitrogens is 2. The van der Waals surface area contributed by atoms with Crippen molar-refractivity contribution in [2.24, 2.45) is 0 Å². The summed E-state index contributed by atoms with van der Waals surface area (Å²) >= 11 is 6.07. The highest BCUT2D eigenvalue weighted by Gasteiger charge is 2.07. The fraction of sp³-hybridized carbons (Fsp3) is 0.188. The minimum Gasteiger partial charge on any atom is -0.343 e. The number of hydrogen-bond acceptors (Lipinski definition) is 1. The molecule has 0 unspecified atom stereocenters. The van der Waals surface area contributed by atoms with Crippen LogP contribution in [0.15, 0.2) is 42.9 Å². The van der Waals surface area contributed by atoms with Gasteiger partial charge in [-0.3, -0.25) is 4.98 Å². The van der Waals surface area contributed by atoms with Crippen LogP contribution in [0.25, 0.3) is 10.9 Å². The van der Waals surface area contributed by atoms with Crippen LogP contribution in [0, 0.1) is 13.8 Å². The predicted octanol–water partition coefficient (Wildman–Crippen LogP) is 4.35. The molecule has 2 aromatic heterocycles. The molecular formula is C16H15ClN2. The molecule has 0 spiro atoms. The van der Waals surface area contributed by atoms with Crippen LogP contribution in [0.1, 0.15) is 16.7 Å². The molecule has 0 N–H and O–H groups in total. The molecule has 0 radical (unpaired) electrons. The van der Waals surface area contributed by atoms with Gasteiger partial charge >= 0.3 is 0 Å². The molecule has 0 saturated carbocycles. The van der Waals surface area contributed by atoms with Crippen LogP contribution in [0.5, 0.6) is 0 Å².